The summed E-state index contributed by atoms with van der Waals surface area (Å²) in [5, 5.41) is 10.5. The van der Waals surface area contributed by atoms with Crippen molar-refractivity contribution in [3.8, 4) is 0 Å². The molecule has 0 aromatic rings. The Morgan fingerprint density at radius 2 is 1.83 bits per heavy atom. The second kappa shape index (κ2) is 5.27. The van der Waals surface area contributed by atoms with E-state index >= 15 is 0 Å². The van der Waals surface area contributed by atoms with Crippen molar-refractivity contribution in [2.45, 2.75) is 58.3 Å². The smallest absolute Gasteiger partial charge is 0.253 e. The van der Waals surface area contributed by atoms with Crippen molar-refractivity contribution in [1.82, 2.24) is 0 Å². The van der Waals surface area contributed by atoms with Crippen molar-refractivity contribution in [2.75, 3.05) is 14.2 Å². The number of methoxy groups -OCH3 is 2. The normalized spacial score (nSPS) is 38.3. The topological polar surface area (TPSA) is 55.8 Å². The Morgan fingerprint density at radius 3 is 2.43 bits per heavy atom. The summed E-state index contributed by atoms with van der Waals surface area (Å²) >= 11 is 0. The minimum Gasteiger partial charge on any atom is -0.393 e. The first-order valence-corrected chi connectivity index (χ1v) is 8.49. The largest absolute Gasteiger partial charge is 0.393 e. The highest BCUT2D eigenvalue weighted by atomic mass is 16.7. The Balaban J connectivity index is 2.07. The van der Waals surface area contributed by atoms with Gasteiger partial charge in [0.25, 0.3) is 5.79 Å². The highest BCUT2D eigenvalue weighted by Gasteiger charge is 2.56. The van der Waals surface area contributed by atoms with Gasteiger partial charge in [0.1, 0.15) is 0 Å². The van der Waals surface area contributed by atoms with Crippen LogP contribution in [0.1, 0.15) is 46.5 Å². The molecule has 4 heteroatoms. The van der Waals surface area contributed by atoms with Crippen molar-refractivity contribution in [2.24, 2.45) is 16.7 Å². The van der Waals surface area contributed by atoms with Gasteiger partial charge in [0.2, 0.25) is 5.78 Å². The van der Waals surface area contributed by atoms with Crippen LogP contribution in [0.2, 0.25) is 0 Å². The molecule has 3 aliphatic rings. The molecule has 1 saturated carbocycles. The van der Waals surface area contributed by atoms with Crippen molar-refractivity contribution in [1.29, 1.82) is 0 Å². The molecular weight excluding hydrogens is 292 g/mol. The fraction of sp³-hybridized carbons (Fsp3) is 0.737. The number of aliphatic hydroxyl groups is 1. The molecule has 3 atom stereocenters. The first kappa shape index (κ1) is 16.9. The van der Waals surface area contributed by atoms with Crippen LogP contribution in [0.5, 0.6) is 0 Å². The van der Waals surface area contributed by atoms with Crippen LogP contribution in [0, 0.1) is 16.7 Å². The molecule has 0 amide bonds. The van der Waals surface area contributed by atoms with E-state index in [0.29, 0.717) is 5.92 Å². The lowest BCUT2D eigenvalue weighted by molar-refractivity contribution is -0.183. The van der Waals surface area contributed by atoms with Gasteiger partial charge < -0.3 is 14.6 Å². The minimum absolute atomic E-state index is 0.0661. The summed E-state index contributed by atoms with van der Waals surface area (Å²) in [5.74, 6) is -0.970. The lowest BCUT2D eigenvalue weighted by Crippen LogP contribution is -2.54. The van der Waals surface area contributed by atoms with E-state index in [9.17, 15) is 9.90 Å². The van der Waals surface area contributed by atoms with Crippen LogP contribution >= 0.6 is 0 Å². The van der Waals surface area contributed by atoms with Gasteiger partial charge in [-0.1, -0.05) is 26.8 Å². The number of carbonyl (C=O) groups is 1. The van der Waals surface area contributed by atoms with Crippen LogP contribution in [0.15, 0.2) is 23.3 Å². The predicted octanol–water partition coefficient (Wildman–Crippen LogP) is 3.01. The van der Waals surface area contributed by atoms with Crippen LogP contribution in [0.25, 0.3) is 0 Å². The Bertz CT molecular complexity index is 582. The summed E-state index contributed by atoms with van der Waals surface area (Å²) in [7, 11) is 3.01. The molecule has 3 rings (SSSR count). The van der Waals surface area contributed by atoms with Crippen LogP contribution < -0.4 is 0 Å². The number of ether oxygens (including phenoxy) is 2. The molecule has 0 aromatic heterocycles. The number of fused-ring (bicyclic) bond motifs is 2. The summed E-state index contributed by atoms with van der Waals surface area (Å²) in [6.45, 7) is 6.58. The second-order valence-electron chi connectivity index (χ2n) is 8.01. The summed E-state index contributed by atoms with van der Waals surface area (Å²) in [4.78, 5) is 13.0. The maximum atomic E-state index is 13.0. The lowest BCUT2D eigenvalue weighted by atomic mass is 9.48. The summed E-state index contributed by atoms with van der Waals surface area (Å²) in [6, 6.07) is 0. The SMILES string of the molecule is COC1(OC)C=CC2=C(CCC3C(C)(C)[C@H](O)CC[C@@]23C)C1=O. The van der Waals surface area contributed by atoms with Crippen LogP contribution in [-0.4, -0.2) is 37.0 Å². The van der Waals surface area contributed by atoms with Crippen molar-refractivity contribution < 1.29 is 19.4 Å². The number of Topliss-reactive ketones (excluding diaryl/α,β-unsaturated/α-hetero) is 1. The van der Waals surface area contributed by atoms with Gasteiger partial charge in [0.15, 0.2) is 0 Å². The molecule has 0 aliphatic heterocycles. The third kappa shape index (κ3) is 2.11. The third-order valence-electron chi connectivity index (χ3n) is 6.75. The third-order valence-corrected chi connectivity index (χ3v) is 6.75. The molecule has 0 aromatic carbocycles. The molecule has 23 heavy (non-hydrogen) atoms. The number of allylic oxidation sites excluding steroid dienone is 2. The van der Waals surface area contributed by atoms with Crippen LogP contribution in [-0.2, 0) is 14.3 Å². The molecular formula is C19H28O4. The van der Waals surface area contributed by atoms with E-state index in [1.54, 1.807) is 6.08 Å². The zero-order chi connectivity index (χ0) is 17.0. The number of ketones is 1. The van der Waals surface area contributed by atoms with Crippen molar-refractivity contribution >= 4 is 5.78 Å². The number of rotatable bonds is 2. The Kier molecular flexibility index (Phi) is 3.86. The van der Waals surface area contributed by atoms with Gasteiger partial charge in [-0.15, -0.1) is 0 Å². The average molecular weight is 320 g/mol. The number of carbonyl (C=O) groups excluding carboxylic acids is 1. The van der Waals surface area contributed by atoms with Gasteiger partial charge in [-0.05, 0) is 54.1 Å². The molecule has 128 valence electrons. The lowest BCUT2D eigenvalue weighted by Gasteiger charge is -2.57. The fourth-order valence-corrected chi connectivity index (χ4v) is 5.23. The Morgan fingerprint density at radius 1 is 1.17 bits per heavy atom. The minimum atomic E-state index is -1.27. The maximum Gasteiger partial charge on any atom is 0.253 e. The van der Waals surface area contributed by atoms with Gasteiger partial charge in [0, 0.05) is 19.8 Å². The molecule has 4 nitrogen and oxygen atoms in total. The van der Waals surface area contributed by atoms with Crippen LogP contribution in [0.3, 0.4) is 0 Å². The first-order valence-electron chi connectivity index (χ1n) is 8.49. The van der Waals surface area contributed by atoms with Crippen molar-refractivity contribution in [3.63, 3.8) is 0 Å². The van der Waals surface area contributed by atoms with Crippen molar-refractivity contribution in [3.05, 3.63) is 23.3 Å². The summed E-state index contributed by atoms with van der Waals surface area (Å²) < 4.78 is 10.8. The molecule has 3 aliphatic carbocycles. The van der Waals surface area contributed by atoms with Gasteiger partial charge in [-0.25, -0.2) is 0 Å². The van der Waals surface area contributed by atoms with Crippen LogP contribution in [0.4, 0.5) is 0 Å². The van der Waals surface area contributed by atoms with Gasteiger partial charge in [-0.2, -0.15) is 0 Å². The van der Waals surface area contributed by atoms with E-state index in [1.165, 1.54) is 14.2 Å². The van der Waals surface area contributed by atoms with E-state index in [1.807, 2.05) is 6.08 Å². The van der Waals surface area contributed by atoms with E-state index in [-0.39, 0.29) is 22.7 Å². The highest BCUT2D eigenvalue weighted by Crippen LogP contribution is 2.60. The van der Waals surface area contributed by atoms with E-state index < -0.39 is 5.79 Å². The molecule has 1 N–H and O–H groups in total. The first-order chi connectivity index (χ1) is 10.7. The molecule has 0 bridgehead atoms. The molecule has 0 saturated heterocycles. The fourth-order valence-electron chi connectivity index (χ4n) is 5.23. The summed E-state index contributed by atoms with van der Waals surface area (Å²) in [5.41, 5.74) is 1.76. The number of aliphatic hydroxyl groups excluding tert-OH is 1. The zero-order valence-corrected chi connectivity index (χ0v) is 14.8. The molecule has 0 spiro atoms. The quantitative estimate of drug-likeness (QED) is 0.795. The maximum absolute atomic E-state index is 13.0. The molecule has 1 unspecified atom stereocenters. The van der Waals surface area contributed by atoms with E-state index in [4.69, 9.17) is 9.47 Å². The standard InChI is InChI=1S/C19H28O4/c1-17(2)14-7-6-12-13(18(14,3)10-9-15(17)20)8-11-19(22-4,23-5)16(12)21/h8,11,14-15,20H,6-7,9-10H2,1-5H3/t14?,15-,18+/m1/s1. The molecule has 0 heterocycles. The van der Waals surface area contributed by atoms with E-state index in [0.717, 1.165) is 36.8 Å². The molecule has 0 radical (unpaired) electrons. The number of hydrogen-bond donors (Lipinski definition) is 1. The monoisotopic (exact) mass is 320 g/mol. The van der Waals surface area contributed by atoms with E-state index in [2.05, 4.69) is 20.8 Å². The van der Waals surface area contributed by atoms with Gasteiger partial charge >= 0.3 is 0 Å². The predicted molar refractivity (Wildman–Crippen MR) is 87.8 cm³/mol. The Labute approximate surface area is 138 Å². The average Bonchev–Trinajstić information content (AvgIpc) is 2.53. The zero-order valence-electron chi connectivity index (χ0n) is 14.8. The van der Waals surface area contributed by atoms with Gasteiger partial charge in [0.05, 0.1) is 6.10 Å². The van der Waals surface area contributed by atoms with Gasteiger partial charge in [-0.3, -0.25) is 4.79 Å². The second-order valence-corrected chi connectivity index (χ2v) is 8.01. The highest BCUT2D eigenvalue weighted by molar-refractivity contribution is 6.05. The molecule has 1 fully saturated rings. The Hall–Kier alpha value is -0.970. The number of hydrogen-bond acceptors (Lipinski definition) is 4. The summed E-state index contributed by atoms with van der Waals surface area (Å²) in [6.07, 6.45) is 6.84.